The normalized spacial score (nSPS) is 14.3. The van der Waals surface area contributed by atoms with Crippen LogP contribution in [-0.2, 0) is 16.0 Å². The highest BCUT2D eigenvalue weighted by molar-refractivity contribution is 6.37. The third-order valence-electron chi connectivity index (χ3n) is 6.07. The van der Waals surface area contributed by atoms with E-state index >= 15 is 0 Å². The van der Waals surface area contributed by atoms with E-state index in [-0.39, 0.29) is 11.1 Å². The van der Waals surface area contributed by atoms with Crippen LogP contribution in [0.25, 0.3) is 5.70 Å². The zero-order chi connectivity index (χ0) is 24.5. The highest BCUT2D eigenvalue weighted by Crippen LogP contribution is 2.39. The summed E-state index contributed by atoms with van der Waals surface area (Å²) in [5.41, 5.74) is 2.93. The fourth-order valence-electron chi connectivity index (χ4n) is 4.09. The molecule has 0 bridgehead atoms. The molecule has 2 N–H and O–H groups in total. The number of benzene rings is 3. The maximum absolute atomic E-state index is 13.7. The number of carbonyl (C=O) groups excluding carboxylic acids is 2. The second-order valence-corrected chi connectivity index (χ2v) is 9.61. The van der Waals surface area contributed by atoms with E-state index in [1.165, 1.54) is 0 Å². The van der Waals surface area contributed by atoms with Crippen LogP contribution >= 0.6 is 23.2 Å². The SMILES string of the molecule is CN1C(=C(C(=O)Nc2ccccc2Cl)C(=O)Nc2ccccc2Cl)c2ccccc2CC1(C)C. The number of rotatable bonds is 4. The van der Waals surface area contributed by atoms with Crippen molar-refractivity contribution in [2.24, 2.45) is 0 Å². The Bertz CT molecular complexity index is 1240. The van der Waals surface area contributed by atoms with Gasteiger partial charge in [-0.1, -0.05) is 71.7 Å². The molecule has 0 saturated heterocycles. The number of halogens is 2. The lowest BCUT2D eigenvalue weighted by Gasteiger charge is -2.44. The van der Waals surface area contributed by atoms with Crippen molar-refractivity contribution in [3.63, 3.8) is 0 Å². The summed E-state index contributed by atoms with van der Waals surface area (Å²) < 4.78 is 0. The van der Waals surface area contributed by atoms with E-state index in [2.05, 4.69) is 24.5 Å². The number of fused-ring (bicyclic) bond motifs is 1. The number of hydrogen-bond donors (Lipinski definition) is 2. The summed E-state index contributed by atoms with van der Waals surface area (Å²) in [4.78, 5) is 29.4. The van der Waals surface area contributed by atoms with E-state index in [9.17, 15) is 9.59 Å². The average Bonchev–Trinajstić information content (AvgIpc) is 2.79. The van der Waals surface area contributed by atoms with Crippen LogP contribution in [0.2, 0.25) is 10.0 Å². The molecule has 0 aliphatic carbocycles. The number of nitrogens with zero attached hydrogens (tertiary/aromatic N) is 1. The molecule has 1 heterocycles. The first-order valence-electron chi connectivity index (χ1n) is 10.9. The summed E-state index contributed by atoms with van der Waals surface area (Å²) in [6.45, 7) is 4.16. The van der Waals surface area contributed by atoms with Crippen molar-refractivity contribution in [3.8, 4) is 0 Å². The van der Waals surface area contributed by atoms with Gasteiger partial charge in [0.05, 0.1) is 27.1 Å². The Kier molecular flexibility index (Phi) is 6.69. The standard InChI is InChI=1S/C27H25Cl2N3O2/c1-27(2)16-17-10-4-5-11-18(17)24(32(27)3)23(25(33)30-21-14-8-6-12-19(21)28)26(34)31-22-15-9-7-13-20(22)29/h4-15H,16H2,1-3H3,(H,30,33)(H,31,34). The Hall–Kier alpha value is -3.28. The first-order valence-corrected chi connectivity index (χ1v) is 11.6. The minimum atomic E-state index is -0.563. The molecule has 0 atom stereocenters. The van der Waals surface area contributed by atoms with E-state index in [0.717, 1.165) is 17.5 Å². The predicted molar refractivity (Wildman–Crippen MR) is 139 cm³/mol. The third kappa shape index (κ3) is 4.67. The van der Waals surface area contributed by atoms with Gasteiger partial charge in [-0.25, -0.2) is 0 Å². The molecule has 0 fully saturated rings. The Morgan fingerprint density at radius 2 is 1.26 bits per heavy atom. The second-order valence-electron chi connectivity index (χ2n) is 8.80. The Labute approximate surface area is 209 Å². The molecule has 174 valence electrons. The van der Waals surface area contributed by atoms with Gasteiger partial charge in [-0.05, 0) is 50.1 Å². The van der Waals surface area contributed by atoms with E-state index in [1.54, 1.807) is 48.5 Å². The van der Waals surface area contributed by atoms with Crippen LogP contribution in [0.3, 0.4) is 0 Å². The first-order chi connectivity index (χ1) is 16.2. The Balaban J connectivity index is 1.89. The number of nitrogens with one attached hydrogen (secondary N) is 2. The number of anilines is 2. The lowest BCUT2D eigenvalue weighted by molar-refractivity contribution is -0.118. The van der Waals surface area contributed by atoms with E-state index in [1.807, 2.05) is 36.2 Å². The zero-order valence-corrected chi connectivity index (χ0v) is 20.7. The molecule has 5 nitrogen and oxygen atoms in total. The number of carbonyl (C=O) groups is 2. The van der Waals surface area contributed by atoms with Gasteiger partial charge < -0.3 is 15.5 Å². The topological polar surface area (TPSA) is 61.4 Å². The van der Waals surface area contributed by atoms with Crippen LogP contribution in [0.5, 0.6) is 0 Å². The fraction of sp³-hybridized carbons (Fsp3) is 0.185. The molecular weight excluding hydrogens is 469 g/mol. The van der Waals surface area contributed by atoms with Gasteiger partial charge in [0.1, 0.15) is 5.57 Å². The quantitative estimate of drug-likeness (QED) is 0.256. The monoisotopic (exact) mass is 493 g/mol. The van der Waals surface area contributed by atoms with Crippen molar-refractivity contribution in [1.82, 2.24) is 4.90 Å². The smallest absolute Gasteiger partial charge is 0.263 e. The van der Waals surface area contributed by atoms with Crippen LogP contribution in [0, 0.1) is 0 Å². The number of hydrogen-bond acceptors (Lipinski definition) is 3. The molecule has 4 rings (SSSR count). The van der Waals surface area contributed by atoms with Gasteiger partial charge in [0.15, 0.2) is 0 Å². The van der Waals surface area contributed by atoms with Crippen LogP contribution in [0.15, 0.2) is 78.4 Å². The minimum Gasteiger partial charge on any atom is -0.368 e. The van der Waals surface area contributed by atoms with Crippen LogP contribution < -0.4 is 10.6 Å². The van der Waals surface area contributed by atoms with Crippen molar-refractivity contribution in [1.29, 1.82) is 0 Å². The van der Waals surface area contributed by atoms with E-state index in [0.29, 0.717) is 27.1 Å². The molecule has 2 amide bonds. The van der Waals surface area contributed by atoms with Gasteiger partial charge in [0.25, 0.3) is 11.8 Å². The van der Waals surface area contributed by atoms with Gasteiger partial charge in [0.2, 0.25) is 0 Å². The maximum Gasteiger partial charge on any atom is 0.263 e. The summed E-state index contributed by atoms with van der Waals surface area (Å²) in [6, 6.07) is 21.6. The number of para-hydroxylation sites is 2. The lowest BCUT2D eigenvalue weighted by Crippen LogP contribution is -2.47. The summed E-state index contributed by atoms with van der Waals surface area (Å²) in [5, 5.41) is 6.39. The van der Waals surface area contributed by atoms with Crippen molar-refractivity contribution < 1.29 is 9.59 Å². The highest BCUT2D eigenvalue weighted by atomic mass is 35.5. The van der Waals surface area contributed by atoms with Crippen molar-refractivity contribution in [3.05, 3.63) is 99.5 Å². The second kappa shape index (κ2) is 9.53. The Morgan fingerprint density at radius 1 is 0.794 bits per heavy atom. The van der Waals surface area contributed by atoms with Crippen LogP contribution in [-0.4, -0.2) is 29.3 Å². The van der Waals surface area contributed by atoms with Gasteiger partial charge in [-0.2, -0.15) is 0 Å². The molecule has 0 saturated carbocycles. The van der Waals surface area contributed by atoms with Crippen LogP contribution in [0.4, 0.5) is 11.4 Å². The molecule has 3 aromatic carbocycles. The van der Waals surface area contributed by atoms with Crippen molar-refractivity contribution in [2.75, 3.05) is 17.7 Å². The van der Waals surface area contributed by atoms with Gasteiger partial charge in [0, 0.05) is 18.2 Å². The van der Waals surface area contributed by atoms with Crippen molar-refractivity contribution in [2.45, 2.75) is 25.8 Å². The highest BCUT2D eigenvalue weighted by Gasteiger charge is 2.38. The molecule has 34 heavy (non-hydrogen) atoms. The summed E-state index contributed by atoms with van der Waals surface area (Å²) in [5.74, 6) is -1.13. The number of amides is 2. The molecule has 0 aromatic heterocycles. The first kappa shape index (κ1) is 23.9. The molecule has 0 spiro atoms. The molecule has 1 aliphatic heterocycles. The summed E-state index contributed by atoms with van der Waals surface area (Å²) in [6.07, 6.45) is 0.773. The van der Waals surface area contributed by atoms with E-state index in [4.69, 9.17) is 23.2 Å². The molecule has 0 unspecified atom stereocenters. The minimum absolute atomic E-state index is 0.0254. The van der Waals surface area contributed by atoms with Crippen LogP contribution in [0.1, 0.15) is 25.0 Å². The molecule has 1 aliphatic rings. The third-order valence-corrected chi connectivity index (χ3v) is 6.73. The van der Waals surface area contributed by atoms with E-state index < -0.39 is 11.8 Å². The molecule has 0 radical (unpaired) electrons. The maximum atomic E-state index is 13.7. The van der Waals surface area contributed by atoms with Gasteiger partial charge in [-0.15, -0.1) is 0 Å². The number of likely N-dealkylation sites (N-methyl/N-ethyl adjacent to an activating group) is 1. The lowest BCUT2D eigenvalue weighted by atomic mass is 9.82. The molecule has 7 heteroatoms. The zero-order valence-electron chi connectivity index (χ0n) is 19.2. The molecule has 3 aromatic rings. The summed E-state index contributed by atoms with van der Waals surface area (Å²) in [7, 11) is 1.90. The van der Waals surface area contributed by atoms with Crippen molar-refractivity contribution >= 4 is 52.1 Å². The Morgan fingerprint density at radius 3 is 1.79 bits per heavy atom. The average molecular weight is 494 g/mol. The van der Waals surface area contributed by atoms with Gasteiger partial charge in [-0.3, -0.25) is 9.59 Å². The largest absolute Gasteiger partial charge is 0.368 e. The summed E-state index contributed by atoms with van der Waals surface area (Å²) >= 11 is 12.6. The predicted octanol–water partition coefficient (Wildman–Crippen LogP) is 6.25. The molecular formula is C27H25Cl2N3O2. The van der Waals surface area contributed by atoms with Gasteiger partial charge >= 0.3 is 0 Å². The fourth-order valence-corrected chi connectivity index (χ4v) is 4.45.